The van der Waals surface area contributed by atoms with Gasteiger partial charge in [0.2, 0.25) is 5.91 Å². The van der Waals surface area contributed by atoms with Crippen molar-refractivity contribution in [3.63, 3.8) is 0 Å². The van der Waals surface area contributed by atoms with E-state index in [1.807, 2.05) is 42.5 Å². The molecule has 2 fully saturated rings. The number of benzene rings is 4. The van der Waals surface area contributed by atoms with E-state index >= 15 is 0 Å². The smallest absolute Gasteiger partial charge is 0.262 e. The zero-order valence-electron chi connectivity index (χ0n) is 31.5. The Morgan fingerprint density at radius 1 is 0.782 bits per heavy atom. The molecule has 3 N–H and O–H groups in total. The average Bonchev–Trinajstić information content (AvgIpc) is 3.32. The van der Waals surface area contributed by atoms with Crippen LogP contribution in [0.5, 0.6) is 11.5 Å². The van der Waals surface area contributed by atoms with E-state index in [9.17, 15) is 24.6 Å². The molecule has 3 heterocycles. The van der Waals surface area contributed by atoms with Crippen LogP contribution in [0.25, 0.3) is 11.1 Å². The predicted octanol–water partition coefficient (Wildman–Crippen LogP) is 6.72. The second kappa shape index (κ2) is 17.3. The third-order valence-corrected chi connectivity index (χ3v) is 11.0. The van der Waals surface area contributed by atoms with Gasteiger partial charge < -0.3 is 30.1 Å². The van der Waals surface area contributed by atoms with Gasteiger partial charge in [-0.15, -0.1) is 0 Å². The van der Waals surface area contributed by atoms with Crippen LogP contribution in [0, 0.1) is 0 Å². The van der Waals surface area contributed by atoms with Crippen molar-refractivity contribution < 1.29 is 29.3 Å². The number of rotatable bonds is 13. The molecular formula is C45H50N4O6. The summed E-state index contributed by atoms with van der Waals surface area (Å²) in [6.45, 7) is 7.45. The molecule has 3 aliphatic heterocycles. The highest BCUT2D eigenvalue weighted by Gasteiger charge is 2.44. The Hall–Kier alpha value is -5.45. The number of nitrogens with one attached hydrogen (secondary N) is 1. The maximum Gasteiger partial charge on any atom is 0.262 e. The third kappa shape index (κ3) is 8.61. The van der Waals surface area contributed by atoms with Crippen LogP contribution < -0.4 is 15.0 Å². The Kier molecular flexibility index (Phi) is 11.9. The summed E-state index contributed by atoms with van der Waals surface area (Å²) >= 11 is 0. The Balaban J connectivity index is 0.876. The number of carbonyl (C=O) groups is 3. The number of carbonyl (C=O) groups excluding carboxylic acids is 3. The lowest BCUT2D eigenvalue weighted by molar-refractivity contribution is -0.129. The fourth-order valence-corrected chi connectivity index (χ4v) is 8.07. The topological polar surface area (TPSA) is 123 Å². The highest BCUT2D eigenvalue weighted by molar-refractivity contribution is 6.22. The van der Waals surface area contributed by atoms with Crippen molar-refractivity contribution in [2.75, 3.05) is 44.2 Å². The number of allylic oxidation sites excluding steroid dienone is 1. The number of nitrogens with zero attached hydrogens (tertiary/aromatic N) is 3. The lowest BCUT2D eigenvalue weighted by Crippen LogP contribution is -2.57. The minimum absolute atomic E-state index is 0.159. The first-order valence-electron chi connectivity index (χ1n) is 19.6. The Morgan fingerprint density at radius 3 is 2.24 bits per heavy atom. The molecule has 3 aliphatic rings. The van der Waals surface area contributed by atoms with Gasteiger partial charge in [-0.05, 0) is 122 Å². The fourth-order valence-electron chi connectivity index (χ4n) is 8.07. The molecule has 0 aliphatic carbocycles. The van der Waals surface area contributed by atoms with Gasteiger partial charge in [0.05, 0.1) is 23.8 Å². The van der Waals surface area contributed by atoms with Crippen LogP contribution in [-0.4, -0.2) is 89.3 Å². The fraction of sp³-hybridized carbons (Fsp3) is 0.356. The lowest BCUT2D eigenvalue weighted by Gasteiger charge is -2.33. The summed E-state index contributed by atoms with van der Waals surface area (Å²) in [6, 6.07) is 30.9. The summed E-state index contributed by atoms with van der Waals surface area (Å²) < 4.78 is 6.16. The third-order valence-electron chi connectivity index (χ3n) is 11.0. The van der Waals surface area contributed by atoms with E-state index in [1.54, 1.807) is 18.2 Å². The number of piperidine rings is 1. The van der Waals surface area contributed by atoms with Crippen molar-refractivity contribution in [2.24, 2.45) is 0 Å². The number of aliphatic hydroxyl groups is 1. The number of fused-ring (bicyclic) bond motifs is 1. The van der Waals surface area contributed by atoms with Gasteiger partial charge in [-0.3, -0.25) is 19.3 Å². The first-order chi connectivity index (χ1) is 26.8. The predicted molar refractivity (Wildman–Crippen MR) is 214 cm³/mol. The number of phenolic OH excluding ortho intramolecular Hbond substituents is 1. The minimum Gasteiger partial charge on any atom is -0.508 e. The molecule has 4 aromatic rings. The molecule has 55 heavy (non-hydrogen) atoms. The summed E-state index contributed by atoms with van der Waals surface area (Å²) in [4.78, 5) is 44.1. The largest absolute Gasteiger partial charge is 0.508 e. The maximum absolute atomic E-state index is 13.4. The van der Waals surface area contributed by atoms with Gasteiger partial charge in [-0.25, -0.2) is 0 Å². The van der Waals surface area contributed by atoms with Crippen LogP contribution in [0.1, 0.15) is 89.3 Å². The standard InChI is InChI=1S/C45H50N4O6/c1-2-37(31-10-5-3-6-11-31)42(32-12-17-35(50)18-13-32)33-14-19-36(20-15-33)55-29-8-4-7-24-47-25-9-26-48(28-27-47)34-16-21-38-39(30-34)45(54)49(44(38)53)40-22-23-41(51)46-43(40)52/h3,5-6,10-21,30,40,43,50,52H,2,4,7-9,22-29H2,1H3,(H,46,51)/b42-37-. The number of ether oxygens (including phenoxy) is 1. The molecule has 2 unspecified atom stereocenters. The van der Waals surface area contributed by atoms with Gasteiger partial charge in [0, 0.05) is 31.7 Å². The summed E-state index contributed by atoms with van der Waals surface area (Å²) in [5.41, 5.74) is 7.37. The lowest BCUT2D eigenvalue weighted by atomic mass is 9.88. The zero-order chi connectivity index (χ0) is 38.3. The molecule has 10 nitrogen and oxygen atoms in total. The minimum atomic E-state index is -1.26. The van der Waals surface area contributed by atoms with Gasteiger partial charge in [0.1, 0.15) is 17.7 Å². The highest BCUT2D eigenvalue weighted by atomic mass is 16.5. The second-order valence-electron chi connectivity index (χ2n) is 14.6. The SMILES string of the molecule is CC/C(=C(\c1ccc(O)cc1)c1ccc(OCCCCCN2CCCN(c3ccc4c(c3)C(=O)N(C3CCC(=O)NC3O)C4=O)CC2)cc1)c1ccccc1. The Labute approximate surface area is 323 Å². The summed E-state index contributed by atoms with van der Waals surface area (Å²) in [5, 5.41) is 22.8. The van der Waals surface area contributed by atoms with E-state index in [0.717, 1.165) is 97.9 Å². The molecule has 0 spiro atoms. The molecule has 2 saturated heterocycles. The van der Waals surface area contributed by atoms with Crippen molar-refractivity contribution in [3.05, 3.63) is 125 Å². The molecule has 0 bridgehead atoms. The number of unbranched alkanes of at least 4 members (excludes halogenated alkanes) is 2. The first-order valence-corrected chi connectivity index (χ1v) is 19.6. The summed E-state index contributed by atoms with van der Waals surface area (Å²) in [5.74, 6) is -0.0228. The van der Waals surface area contributed by atoms with E-state index in [-0.39, 0.29) is 24.5 Å². The molecular weight excluding hydrogens is 693 g/mol. The van der Waals surface area contributed by atoms with Gasteiger partial charge in [-0.1, -0.05) is 61.5 Å². The van der Waals surface area contributed by atoms with E-state index in [1.165, 1.54) is 11.1 Å². The van der Waals surface area contributed by atoms with Crippen molar-refractivity contribution >= 4 is 34.6 Å². The van der Waals surface area contributed by atoms with Crippen LogP contribution in [0.2, 0.25) is 0 Å². The number of hydrogen-bond donors (Lipinski definition) is 3. The van der Waals surface area contributed by atoms with Gasteiger partial charge in [-0.2, -0.15) is 0 Å². The van der Waals surface area contributed by atoms with Crippen molar-refractivity contribution in [3.8, 4) is 11.5 Å². The van der Waals surface area contributed by atoms with Crippen LogP contribution in [0.3, 0.4) is 0 Å². The summed E-state index contributed by atoms with van der Waals surface area (Å²) in [7, 11) is 0. The highest BCUT2D eigenvalue weighted by Crippen LogP contribution is 2.36. The molecule has 0 aromatic heterocycles. The molecule has 7 rings (SSSR count). The maximum atomic E-state index is 13.4. The number of imide groups is 1. The second-order valence-corrected chi connectivity index (χ2v) is 14.6. The zero-order valence-corrected chi connectivity index (χ0v) is 31.5. The Morgan fingerprint density at radius 2 is 1.51 bits per heavy atom. The van der Waals surface area contributed by atoms with E-state index in [4.69, 9.17) is 4.74 Å². The van der Waals surface area contributed by atoms with Gasteiger partial charge in [0.15, 0.2) is 0 Å². The number of aliphatic hydroxyl groups excluding tert-OH is 1. The first kappa shape index (κ1) is 37.8. The van der Waals surface area contributed by atoms with Gasteiger partial charge >= 0.3 is 0 Å². The quantitative estimate of drug-likeness (QED) is 0.0785. The number of phenols is 1. The molecule has 0 radical (unpaired) electrons. The van der Waals surface area contributed by atoms with Crippen molar-refractivity contribution in [1.29, 1.82) is 0 Å². The average molecular weight is 743 g/mol. The van der Waals surface area contributed by atoms with Crippen LogP contribution in [-0.2, 0) is 4.79 Å². The molecule has 4 aromatic carbocycles. The van der Waals surface area contributed by atoms with E-state index < -0.39 is 24.1 Å². The number of hydrogen-bond acceptors (Lipinski definition) is 8. The number of anilines is 1. The number of aromatic hydroxyl groups is 1. The summed E-state index contributed by atoms with van der Waals surface area (Å²) in [6.07, 6.45) is 4.12. The van der Waals surface area contributed by atoms with E-state index in [0.29, 0.717) is 17.7 Å². The molecule has 2 atom stereocenters. The number of amides is 3. The van der Waals surface area contributed by atoms with Crippen LogP contribution in [0.4, 0.5) is 5.69 Å². The van der Waals surface area contributed by atoms with Crippen LogP contribution >= 0.6 is 0 Å². The molecule has 10 heteroatoms. The monoisotopic (exact) mass is 742 g/mol. The van der Waals surface area contributed by atoms with E-state index in [2.05, 4.69) is 58.4 Å². The van der Waals surface area contributed by atoms with Crippen molar-refractivity contribution in [2.45, 2.75) is 64.1 Å². The molecule has 286 valence electrons. The van der Waals surface area contributed by atoms with Crippen LogP contribution in [0.15, 0.2) is 97.1 Å². The normalized spacial score (nSPS) is 19.5. The Bertz CT molecular complexity index is 2010. The van der Waals surface area contributed by atoms with Crippen molar-refractivity contribution in [1.82, 2.24) is 15.1 Å². The molecule has 3 amide bonds. The molecule has 0 saturated carbocycles. The van der Waals surface area contributed by atoms with Gasteiger partial charge in [0.25, 0.3) is 11.8 Å².